The molecule has 0 aliphatic carbocycles. The number of carbonyl (C=O) groups excluding carboxylic acids is 1. The molecule has 0 aliphatic rings. The van der Waals surface area contributed by atoms with Gasteiger partial charge in [0.05, 0.1) is 47.8 Å². The van der Waals surface area contributed by atoms with Crippen molar-refractivity contribution in [3.05, 3.63) is 47.3 Å². The number of halogens is 1. The van der Waals surface area contributed by atoms with Crippen LogP contribution in [0.5, 0.6) is 0 Å². The Morgan fingerprint density at radius 3 is 3.00 bits per heavy atom. The number of hydrogen-bond donors (Lipinski definition) is 0. The van der Waals surface area contributed by atoms with Crippen molar-refractivity contribution in [3.8, 4) is 0 Å². The summed E-state index contributed by atoms with van der Waals surface area (Å²) in [6, 6.07) is 0. The number of rotatable bonds is 5. The van der Waals surface area contributed by atoms with Crippen LogP contribution >= 0.6 is 11.6 Å². The van der Waals surface area contributed by atoms with Crippen molar-refractivity contribution in [2.75, 3.05) is 13.7 Å². The van der Waals surface area contributed by atoms with E-state index in [2.05, 4.69) is 15.2 Å². The summed E-state index contributed by atoms with van der Waals surface area (Å²) in [5.74, 6) is -0.239. The van der Waals surface area contributed by atoms with Gasteiger partial charge in [0, 0.05) is 19.5 Å². The van der Waals surface area contributed by atoms with Crippen molar-refractivity contribution in [1.82, 2.24) is 24.4 Å². The number of aromatic nitrogens is 5. The standard InChI is InChI=1S/C13H12ClN5O2/c1-21-5-4-19-12(10(14)7-17-19)13(20)9-6-16-18-3-2-15-8-11(9)18/h2-3,6-8H,4-5H2,1H3. The minimum absolute atomic E-state index is 0.239. The summed E-state index contributed by atoms with van der Waals surface area (Å²) in [6.45, 7) is 0.885. The van der Waals surface area contributed by atoms with Gasteiger partial charge in [-0.2, -0.15) is 10.2 Å². The molecule has 0 N–H and O–H groups in total. The van der Waals surface area contributed by atoms with Crippen LogP contribution in [0, 0.1) is 0 Å². The molecule has 3 aromatic rings. The van der Waals surface area contributed by atoms with E-state index >= 15 is 0 Å². The van der Waals surface area contributed by atoms with Crippen LogP contribution in [0.3, 0.4) is 0 Å². The van der Waals surface area contributed by atoms with Crippen LogP contribution in [0.4, 0.5) is 0 Å². The Morgan fingerprint density at radius 2 is 2.19 bits per heavy atom. The van der Waals surface area contributed by atoms with E-state index < -0.39 is 0 Å². The Kier molecular flexibility index (Phi) is 3.68. The average Bonchev–Trinajstić information content (AvgIpc) is 3.08. The third-order valence-electron chi connectivity index (χ3n) is 3.09. The van der Waals surface area contributed by atoms with Gasteiger partial charge in [-0.3, -0.25) is 14.5 Å². The van der Waals surface area contributed by atoms with Crippen LogP contribution in [0.1, 0.15) is 16.1 Å². The smallest absolute Gasteiger partial charge is 0.216 e. The lowest BCUT2D eigenvalue weighted by molar-refractivity contribution is 0.102. The summed E-state index contributed by atoms with van der Waals surface area (Å²) in [4.78, 5) is 16.7. The third kappa shape index (κ3) is 2.41. The fourth-order valence-corrected chi connectivity index (χ4v) is 2.30. The Hall–Kier alpha value is -2.25. The summed E-state index contributed by atoms with van der Waals surface area (Å²) in [5, 5.41) is 8.54. The van der Waals surface area contributed by atoms with E-state index in [1.54, 1.807) is 30.2 Å². The molecule has 3 rings (SSSR count). The number of hydrogen-bond acceptors (Lipinski definition) is 5. The van der Waals surface area contributed by atoms with Gasteiger partial charge in [-0.1, -0.05) is 11.6 Å². The molecular weight excluding hydrogens is 294 g/mol. The molecular formula is C13H12ClN5O2. The highest BCUT2D eigenvalue weighted by Crippen LogP contribution is 2.21. The zero-order chi connectivity index (χ0) is 14.8. The predicted molar refractivity (Wildman–Crippen MR) is 75.5 cm³/mol. The molecule has 8 heteroatoms. The number of nitrogens with zero attached hydrogens (tertiary/aromatic N) is 5. The van der Waals surface area contributed by atoms with Gasteiger partial charge in [-0.05, 0) is 0 Å². The second kappa shape index (κ2) is 5.63. The van der Waals surface area contributed by atoms with Crippen molar-refractivity contribution in [1.29, 1.82) is 0 Å². The molecule has 0 radical (unpaired) electrons. The van der Waals surface area contributed by atoms with Crippen molar-refractivity contribution < 1.29 is 9.53 Å². The Balaban J connectivity index is 2.04. The van der Waals surface area contributed by atoms with E-state index in [4.69, 9.17) is 16.3 Å². The molecule has 3 heterocycles. The van der Waals surface area contributed by atoms with Gasteiger partial charge in [-0.15, -0.1) is 0 Å². The largest absolute Gasteiger partial charge is 0.383 e. The lowest BCUT2D eigenvalue weighted by Gasteiger charge is -2.06. The molecule has 0 saturated heterocycles. The molecule has 0 aliphatic heterocycles. The zero-order valence-corrected chi connectivity index (χ0v) is 12.0. The van der Waals surface area contributed by atoms with Gasteiger partial charge in [0.1, 0.15) is 5.69 Å². The monoisotopic (exact) mass is 305 g/mol. The first kappa shape index (κ1) is 13.7. The molecule has 3 aromatic heterocycles. The zero-order valence-electron chi connectivity index (χ0n) is 11.2. The predicted octanol–water partition coefficient (Wildman–Crippen LogP) is 1.46. The van der Waals surface area contributed by atoms with Gasteiger partial charge >= 0.3 is 0 Å². The number of methoxy groups -OCH3 is 1. The molecule has 0 bridgehead atoms. The maximum atomic E-state index is 12.7. The van der Waals surface area contributed by atoms with E-state index in [1.807, 2.05) is 0 Å². The Labute approximate surface area is 125 Å². The van der Waals surface area contributed by atoms with Gasteiger partial charge in [0.2, 0.25) is 5.78 Å². The molecule has 0 unspecified atom stereocenters. The van der Waals surface area contributed by atoms with Crippen LogP contribution in [-0.2, 0) is 11.3 Å². The van der Waals surface area contributed by atoms with E-state index in [1.165, 1.54) is 17.1 Å². The van der Waals surface area contributed by atoms with Crippen molar-refractivity contribution >= 4 is 22.9 Å². The molecule has 0 fully saturated rings. The topological polar surface area (TPSA) is 74.3 Å². The van der Waals surface area contributed by atoms with Crippen LogP contribution in [0.2, 0.25) is 5.02 Å². The first-order valence-corrected chi connectivity index (χ1v) is 6.62. The summed E-state index contributed by atoms with van der Waals surface area (Å²) in [7, 11) is 1.59. The highest BCUT2D eigenvalue weighted by atomic mass is 35.5. The van der Waals surface area contributed by atoms with Gasteiger partial charge in [0.15, 0.2) is 0 Å². The van der Waals surface area contributed by atoms with E-state index in [0.29, 0.717) is 34.9 Å². The molecule has 7 nitrogen and oxygen atoms in total. The van der Waals surface area contributed by atoms with E-state index in [9.17, 15) is 4.79 Å². The molecule has 0 saturated carbocycles. The maximum Gasteiger partial charge on any atom is 0.216 e. The summed E-state index contributed by atoms with van der Waals surface area (Å²) in [5.41, 5.74) is 1.38. The molecule has 0 spiro atoms. The lowest BCUT2D eigenvalue weighted by atomic mass is 10.1. The van der Waals surface area contributed by atoms with Crippen molar-refractivity contribution in [2.45, 2.75) is 6.54 Å². The lowest BCUT2D eigenvalue weighted by Crippen LogP contribution is -2.14. The number of carbonyl (C=O) groups is 1. The normalized spacial score (nSPS) is 11.1. The average molecular weight is 306 g/mol. The molecule has 0 aromatic carbocycles. The maximum absolute atomic E-state index is 12.7. The van der Waals surface area contributed by atoms with Crippen LogP contribution in [0.25, 0.3) is 5.52 Å². The molecule has 21 heavy (non-hydrogen) atoms. The van der Waals surface area contributed by atoms with Gasteiger partial charge in [0.25, 0.3) is 0 Å². The summed E-state index contributed by atoms with van der Waals surface area (Å²) < 4.78 is 8.13. The first-order chi connectivity index (χ1) is 10.2. The highest BCUT2D eigenvalue weighted by molar-refractivity contribution is 6.34. The SMILES string of the molecule is COCCn1ncc(Cl)c1C(=O)c1cnn2ccncc12. The minimum atomic E-state index is -0.239. The van der Waals surface area contributed by atoms with Crippen molar-refractivity contribution in [2.24, 2.45) is 0 Å². The summed E-state index contributed by atoms with van der Waals surface area (Å²) >= 11 is 6.10. The van der Waals surface area contributed by atoms with Gasteiger partial charge in [-0.25, -0.2) is 4.52 Å². The number of fused-ring (bicyclic) bond motifs is 1. The fourth-order valence-electron chi connectivity index (χ4n) is 2.07. The van der Waals surface area contributed by atoms with E-state index in [-0.39, 0.29) is 5.78 Å². The minimum Gasteiger partial charge on any atom is -0.383 e. The molecule has 108 valence electrons. The molecule has 0 atom stereocenters. The third-order valence-corrected chi connectivity index (χ3v) is 3.36. The Morgan fingerprint density at radius 1 is 1.33 bits per heavy atom. The molecule has 0 amide bonds. The Bertz CT molecular complexity index is 795. The van der Waals surface area contributed by atoms with Crippen LogP contribution < -0.4 is 0 Å². The van der Waals surface area contributed by atoms with E-state index in [0.717, 1.165) is 0 Å². The second-order valence-electron chi connectivity index (χ2n) is 4.35. The number of ketones is 1. The van der Waals surface area contributed by atoms with Crippen LogP contribution in [-0.4, -0.2) is 43.9 Å². The number of ether oxygens (including phenoxy) is 1. The highest BCUT2D eigenvalue weighted by Gasteiger charge is 2.22. The van der Waals surface area contributed by atoms with Crippen molar-refractivity contribution in [3.63, 3.8) is 0 Å². The first-order valence-electron chi connectivity index (χ1n) is 6.24. The van der Waals surface area contributed by atoms with Crippen LogP contribution in [0.15, 0.2) is 31.0 Å². The second-order valence-corrected chi connectivity index (χ2v) is 4.76. The summed E-state index contributed by atoms with van der Waals surface area (Å²) in [6.07, 6.45) is 7.82. The quantitative estimate of drug-likeness (QED) is 0.667. The fraction of sp³-hybridized carbons (Fsp3) is 0.231. The van der Waals surface area contributed by atoms with Gasteiger partial charge < -0.3 is 4.74 Å².